The quantitative estimate of drug-likeness (QED) is 0.713. The van der Waals surface area contributed by atoms with Gasteiger partial charge in [0, 0.05) is 10.4 Å². The second-order valence-corrected chi connectivity index (χ2v) is 4.38. The molecule has 0 aliphatic heterocycles. The van der Waals surface area contributed by atoms with Gasteiger partial charge in [-0.25, -0.2) is 4.39 Å². The molecule has 0 radical (unpaired) electrons. The van der Waals surface area contributed by atoms with E-state index in [2.05, 4.69) is 15.9 Å². The molecule has 0 saturated carbocycles. The van der Waals surface area contributed by atoms with Crippen LogP contribution in [0.25, 0.3) is 10.4 Å². The molecule has 13 heavy (non-hydrogen) atoms. The van der Waals surface area contributed by atoms with Crippen molar-refractivity contribution in [3.8, 4) is 10.4 Å². The molecule has 3 heteroatoms. The van der Waals surface area contributed by atoms with E-state index >= 15 is 0 Å². The zero-order valence-corrected chi connectivity index (χ0v) is 9.03. The van der Waals surface area contributed by atoms with Crippen molar-refractivity contribution in [1.82, 2.24) is 0 Å². The third-order valence-corrected chi connectivity index (χ3v) is 3.25. The lowest BCUT2D eigenvalue weighted by atomic mass is 10.2. The number of thiophene rings is 1. The van der Waals surface area contributed by atoms with E-state index in [0.29, 0.717) is 10.0 Å². The summed E-state index contributed by atoms with van der Waals surface area (Å²) in [7, 11) is 0. The molecule has 0 bridgehead atoms. The van der Waals surface area contributed by atoms with Gasteiger partial charge in [-0.15, -0.1) is 11.3 Å². The van der Waals surface area contributed by atoms with E-state index in [1.165, 1.54) is 11.3 Å². The first-order valence-electron chi connectivity index (χ1n) is 3.77. The van der Waals surface area contributed by atoms with Crippen LogP contribution < -0.4 is 0 Å². The summed E-state index contributed by atoms with van der Waals surface area (Å²) in [6.45, 7) is 0. The van der Waals surface area contributed by atoms with Crippen molar-refractivity contribution in [1.29, 1.82) is 0 Å². The van der Waals surface area contributed by atoms with Crippen LogP contribution in [0.1, 0.15) is 0 Å². The summed E-state index contributed by atoms with van der Waals surface area (Å²) in [5, 5.41) is 1.94. The van der Waals surface area contributed by atoms with E-state index in [-0.39, 0.29) is 5.82 Å². The highest BCUT2D eigenvalue weighted by Gasteiger charge is 2.07. The molecular weight excluding hydrogens is 251 g/mol. The van der Waals surface area contributed by atoms with Gasteiger partial charge >= 0.3 is 0 Å². The molecule has 1 aromatic carbocycles. The number of rotatable bonds is 1. The molecule has 2 aromatic rings. The molecule has 0 atom stereocenters. The maximum absolute atomic E-state index is 13.5. The fourth-order valence-corrected chi connectivity index (χ4v) is 2.24. The molecule has 1 aromatic heterocycles. The molecule has 0 unspecified atom stereocenters. The van der Waals surface area contributed by atoms with E-state index in [9.17, 15) is 4.39 Å². The molecule has 1 heterocycles. The lowest BCUT2D eigenvalue weighted by Crippen LogP contribution is -1.81. The summed E-state index contributed by atoms with van der Waals surface area (Å²) in [4.78, 5) is 0.957. The molecule has 0 aliphatic rings. The van der Waals surface area contributed by atoms with Gasteiger partial charge in [-0.3, -0.25) is 0 Å². The Morgan fingerprint density at radius 3 is 2.69 bits per heavy atom. The first-order valence-corrected chi connectivity index (χ1v) is 5.44. The minimum absolute atomic E-state index is 0.190. The maximum atomic E-state index is 13.5. The predicted molar refractivity (Wildman–Crippen MR) is 57.4 cm³/mol. The molecule has 0 N–H and O–H groups in total. The number of hydrogen-bond donors (Lipinski definition) is 0. The van der Waals surface area contributed by atoms with Gasteiger partial charge in [0.05, 0.1) is 4.47 Å². The van der Waals surface area contributed by atoms with Crippen molar-refractivity contribution in [2.24, 2.45) is 0 Å². The standard InChI is InChI=1S/C10H6BrFS/c11-8-4-1-3-7(10(8)12)9-5-2-6-13-9/h1-6H. The Kier molecular flexibility index (Phi) is 2.47. The second-order valence-electron chi connectivity index (χ2n) is 2.58. The fourth-order valence-electron chi connectivity index (χ4n) is 1.13. The van der Waals surface area contributed by atoms with Crippen LogP contribution in [0, 0.1) is 5.82 Å². The Labute approximate surface area is 88.2 Å². The monoisotopic (exact) mass is 256 g/mol. The normalized spacial score (nSPS) is 10.3. The highest BCUT2D eigenvalue weighted by Crippen LogP contribution is 2.30. The average Bonchev–Trinajstić information content (AvgIpc) is 2.62. The molecule has 0 amide bonds. The fraction of sp³-hybridized carbons (Fsp3) is 0. The summed E-state index contributed by atoms with van der Waals surface area (Å²) in [5.41, 5.74) is 0.657. The van der Waals surface area contributed by atoms with E-state index in [1.54, 1.807) is 12.1 Å². The van der Waals surface area contributed by atoms with Crippen molar-refractivity contribution >= 4 is 27.3 Å². The molecular formula is C10H6BrFS. The van der Waals surface area contributed by atoms with Gasteiger partial charge in [-0.2, -0.15) is 0 Å². The molecule has 0 nitrogen and oxygen atoms in total. The highest BCUT2D eigenvalue weighted by atomic mass is 79.9. The third kappa shape index (κ3) is 1.67. The van der Waals surface area contributed by atoms with Crippen LogP contribution in [0.15, 0.2) is 40.2 Å². The molecule has 0 spiro atoms. The molecule has 2 rings (SSSR count). The van der Waals surface area contributed by atoms with E-state index in [4.69, 9.17) is 0 Å². The third-order valence-electron chi connectivity index (χ3n) is 1.74. The van der Waals surface area contributed by atoms with Gasteiger partial charge in [0.2, 0.25) is 0 Å². The van der Waals surface area contributed by atoms with Crippen molar-refractivity contribution in [3.05, 3.63) is 46.0 Å². The lowest BCUT2D eigenvalue weighted by Gasteiger charge is -2.00. The van der Waals surface area contributed by atoms with E-state index in [1.807, 2.05) is 23.6 Å². The van der Waals surface area contributed by atoms with Gasteiger partial charge in [-0.05, 0) is 33.4 Å². The highest BCUT2D eigenvalue weighted by molar-refractivity contribution is 9.10. The topological polar surface area (TPSA) is 0 Å². The second kappa shape index (κ2) is 3.60. The van der Waals surface area contributed by atoms with Gasteiger partial charge in [-0.1, -0.05) is 18.2 Å². The molecule has 0 fully saturated rings. The summed E-state index contributed by atoms with van der Waals surface area (Å²) < 4.78 is 14.0. The van der Waals surface area contributed by atoms with Crippen LogP contribution in [0.2, 0.25) is 0 Å². The zero-order valence-electron chi connectivity index (χ0n) is 6.63. The SMILES string of the molecule is Fc1c(Br)cccc1-c1cccs1. The Morgan fingerprint density at radius 1 is 1.15 bits per heavy atom. The van der Waals surface area contributed by atoms with E-state index in [0.717, 1.165) is 4.88 Å². The van der Waals surface area contributed by atoms with E-state index < -0.39 is 0 Å². The smallest absolute Gasteiger partial charge is 0.146 e. The predicted octanol–water partition coefficient (Wildman–Crippen LogP) is 4.32. The first kappa shape index (κ1) is 8.91. The summed E-state index contributed by atoms with van der Waals surface area (Å²) in [5.74, 6) is -0.190. The summed E-state index contributed by atoms with van der Waals surface area (Å²) >= 11 is 4.70. The van der Waals surface area contributed by atoms with Crippen molar-refractivity contribution in [2.45, 2.75) is 0 Å². The average molecular weight is 257 g/mol. The molecule has 0 saturated heterocycles. The minimum atomic E-state index is -0.190. The van der Waals surface area contributed by atoms with Crippen LogP contribution in [0.3, 0.4) is 0 Å². The molecule has 66 valence electrons. The Hall–Kier alpha value is -0.670. The van der Waals surface area contributed by atoms with Crippen LogP contribution in [0.4, 0.5) is 4.39 Å². The van der Waals surface area contributed by atoms with Gasteiger partial charge < -0.3 is 0 Å². The van der Waals surface area contributed by atoms with Crippen LogP contribution in [-0.4, -0.2) is 0 Å². The van der Waals surface area contributed by atoms with Crippen LogP contribution >= 0.6 is 27.3 Å². The van der Waals surface area contributed by atoms with Gasteiger partial charge in [0.25, 0.3) is 0 Å². The molecule has 0 aliphatic carbocycles. The lowest BCUT2D eigenvalue weighted by molar-refractivity contribution is 0.625. The maximum Gasteiger partial charge on any atom is 0.146 e. The number of halogens is 2. The number of hydrogen-bond acceptors (Lipinski definition) is 1. The number of benzene rings is 1. The van der Waals surface area contributed by atoms with Crippen LogP contribution in [-0.2, 0) is 0 Å². The minimum Gasteiger partial charge on any atom is -0.205 e. The van der Waals surface area contributed by atoms with Crippen molar-refractivity contribution < 1.29 is 4.39 Å². The van der Waals surface area contributed by atoms with Crippen molar-refractivity contribution in [3.63, 3.8) is 0 Å². The summed E-state index contributed by atoms with van der Waals surface area (Å²) in [6, 6.07) is 9.15. The van der Waals surface area contributed by atoms with Gasteiger partial charge in [0.1, 0.15) is 5.82 Å². The Bertz CT molecular complexity index is 409. The van der Waals surface area contributed by atoms with Crippen LogP contribution in [0.5, 0.6) is 0 Å². The first-order chi connectivity index (χ1) is 6.29. The van der Waals surface area contributed by atoms with Crippen molar-refractivity contribution in [2.75, 3.05) is 0 Å². The Morgan fingerprint density at radius 2 is 2.00 bits per heavy atom. The zero-order chi connectivity index (χ0) is 9.26. The van der Waals surface area contributed by atoms with Gasteiger partial charge in [0.15, 0.2) is 0 Å². The summed E-state index contributed by atoms with van der Waals surface area (Å²) in [6.07, 6.45) is 0. The Balaban J connectivity index is 2.59. The largest absolute Gasteiger partial charge is 0.205 e.